The Balaban J connectivity index is 1.78. The highest BCUT2D eigenvalue weighted by molar-refractivity contribution is 5.96. The first-order valence-electron chi connectivity index (χ1n) is 10.6. The molecule has 2 aliphatic heterocycles. The van der Waals surface area contributed by atoms with E-state index in [-0.39, 0.29) is 24.3 Å². The third-order valence-corrected chi connectivity index (χ3v) is 5.83. The maximum atomic E-state index is 13.2. The van der Waals surface area contributed by atoms with Crippen LogP contribution in [-0.4, -0.2) is 40.4 Å². The number of hydrogen-bond acceptors (Lipinski definition) is 5. The standard InChI is InChI=1S/C25H23N3O4/c29-20-13-15-27-23(24(20)30)25(31)26-14-7-2-8-16-32-21-12-6-5-11-19(21)22(28(27)17-26)18-9-3-1-4-10-18/h1-6,8-13,15,22,30H,7,14,16-17H2/b8-2-/t22-/m0/s1. The van der Waals surface area contributed by atoms with Crippen molar-refractivity contribution in [1.29, 1.82) is 0 Å². The molecule has 0 unspecified atom stereocenters. The van der Waals surface area contributed by atoms with Gasteiger partial charge in [0, 0.05) is 24.4 Å². The van der Waals surface area contributed by atoms with Crippen LogP contribution in [0.15, 0.2) is 83.8 Å². The van der Waals surface area contributed by atoms with Crippen molar-refractivity contribution in [3.05, 3.63) is 106 Å². The van der Waals surface area contributed by atoms with Crippen LogP contribution in [0.25, 0.3) is 0 Å². The van der Waals surface area contributed by atoms with Crippen molar-refractivity contribution in [3.8, 4) is 11.5 Å². The topological polar surface area (TPSA) is 75.0 Å². The van der Waals surface area contributed by atoms with Crippen molar-refractivity contribution >= 4 is 5.91 Å². The lowest BCUT2D eigenvalue weighted by Gasteiger charge is -2.44. The number of nitrogens with zero attached hydrogens (tertiary/aromatic N) is 3. The van der Waals surface area contributed by atoms with Gasteiger partial charge < -0.3 is 14.7 Å². The molecule has 5 rings (SSSR count). The number of carbonyl (C=O) groups excluding carboxylic acids is 1. The Labute approximate surface area is 185 Å². The molecule has 0 spiro atoms. The molecule has 7 heteroatoms. The maximum Gasteiger partial charge on any atom is 0.277 e. The zero-order valence-electron chi connectivity index (χ0n) is 17.4. The number of aromatic nitrogens is 1. The number of carbonyl (C=O) groups is 1. The molecule has 0 aliphatic carbocycles. The summed E-state index contributed by atoms with van der Waals surface area (Å²) in [6.45, 7) is 1.17. The van der Waals surface area contributed by atoms with Crippen molar-refractivity contribution < 1.29 is 14.6 Å². The van der Waals surface area contributed by atoms with Gasteiger partial charge in [0.15, 0.2) is 11.4 Å². The molecule has 1 atom stereocenters. The van der Waals surface area contributed by atoms with Crippen LogP contribution in [-0.2, 0) is 0 Å². The summed E-state index contributed by atoms with van der Waals surface area (Å²) in [7, 11) is 0. The number of rotatable bonds is 1. The lowest BCUT2D eigenvalue weighted by atomic mass is 9.97. The van der Waals surface area contributed by atoms with Crippen LogP contribution in [0, 0.1) is 0 Å². The van der Waals surface area contributed by atoms with Gasteiger partial charge in [-0.1, -0.05) is 60.7 Å². The van der Waals surface area contributed by atoms with E-state index in [1.165, 1.54) is 6.07 Å². The first-order valence-corrected chi connectivity index (χ1v) is 10.6. The number of amides is 1. The highest BCUT2D eigenvalue weighted by Crippen LogP contribution is 2.36. The van der Waals surface area contributed by atoms with E-state index in [9.17, 15) is 14.7 Å². The van der Waals surface area contributed by atoms with Gasteiger partial charge in [-0.3, -0.25) is 19.3 Å². The van der Waals surface area contributed by atoms with Crippen LogP contribution in [0.2, 0.25) is 0 Å². The Morgan fingerprint density at radius 2 is 1.72 bits per heavy atom. The fraction of sp³-hybridized carbons (Fsp3) is 0.200. The first-order chi connectivity index (χ1) is 15.6. The van der Waals surface area contributed by atoms with Gasteiger partial charge in [-0.15, -0.1) is 0 Å². The molecule has 2 aromatic carbocycles. The van der Waals surface area contributed by atoms with E-state index in [1.807, 2.05) is 71.8 Å². The van der Waals surface area contributed by atoms with E-state index >= 15 is 0 Å². The van der Waals surface area contributed by atoms with Gasteiger partial charge in [-0.05, 0) is 18.1 Å². The fourth-order valence-electron chi connectivity index (χ4n) is 4.31. The van der Waals surface area contributed by atoms with Crippen molar-refractivity contribution in [2.24, 2.45) is 0 Å². The molecule has 32 heavy (non-hydrogen) atoms. The van der Waals surface area contributed by atoms with E-state index in [0.29, 0.717) is 19.6 Å². The molecule has 2 bridgehead atoms. The fourth-order valence-corrected chi connectivity index (χ4v) is 4.31. The molecular weight excluding hydrogens is 406 g/mol. The molecule has 0 fully saturated rings. The summed E-state index contributed by atoms with van der Waals surface area (Å²) in [6, 6.07) is 18.7. The number of fused-ring (bicyclic) bond motifs is 5. The Kier molecular flexibility index (Phi) is 5.15. The quantitative estimate of drug-likeness (QED) is 0.602. The molecular formula is C25H23N3O4. The van der Waals surface area contributed by atoms with Gasteiger partial charge >= 0.3 is 0 Å². The Bertz CT molecular complexity index is 1240. The lowest BCUT2D eigenvalue weighted by molar-refractivity contribution is 0.0682. The Morgan fingerprint density at radius 1 is 0.938 bits per heavy atom. The molecule has 162 valence electrons. The van der Waals surface area contributed by atoms with Gasteiger partial charge in [0.05, 0.1) is 0 Å². The second kappa shape index (κ2) is 8.26. The van der Waals surface area contributed by atoms with Gasteiger partial charge in [0.2, 0.25) is 5.43 Å². The smallest absolute Gasteiger partial charge is 0.277 e. The predicted octanol–water partition coefficient (Wildman–Crippen LogP) is 3.03. The SMILES string of the molecule is O=C1c2c(O)c(=O)ccn2N2CN1CC/C=C\COc1ccccc1[C@@H]2c1ccccc1. The third kappa shape index (κ3) is 3.41. The molecule has 1 N–H and O–H groups in total. The molecule has 3 heterocycles. The second-order valence-corrected chi connectivity index (χ2v) is 7.79. The van der Waals surface area contributed by atoms with Crippen LogP contribution in [0.1, 0.15) is 34.1 Å². The van der Waals surface area contributed by atoms with Gasteiger partial charge in [-0.25, -0.2) is 0 Å². The van der Waals surface area contributed by atoms with Gasteiger partial charge in [-0.2, -0.15) is 0 Å². The lowest BCUT2D eigenvalue weighted by Crippen LogP contribution is -2.55. The van der Waals surface area contributed by atoms with Crippen molar-refractivity contribution in [2.75, 3.05) is 24.8 Å². The number of para-hydroxylation sites is 1. The summed E-state index contributed by atoms with van der Waals surface area (Å²) >= 11 is 0. The van der Waals surface area contributed by atoms with Crippen LogP contribution in [0.4, 0.5) is 0 Å². The van der Waals surface area contributed by atoms with E-state index in [0.717, 1.165) is 16.9 Å². The molecule has 1 amide bonds. The average Bonchev–Trinajstić information content (AvgIpc) is 2.81. The molecule has 3 aromatic rings. The number of benzene rings is 2. The van der Waals surface area contributed by atoms with Crippen LogP contribution in [0.3, 0.4) is 0 Å². The second-order valence-electron chi connectivity index (χ2n) is 7.79. The number of aromatic hydroxyl groups is 1. The molecule has 1 aromatic heterocycles. The van der Waals surface area contributed by atoms with Gasteiger partial charge in [0.1, 0.15) is 25.1 Å². The Hall–Kier alpha value is -4.00. The first kappa shape index (κ1) is 19.9. The average molecular weight is 429 g/mol. The van der Waals surface area contributed by atoms with Crippen molar-refractivity contribution in [1.82, 2.24) is 9.58 Å². The number of pyridine rings is 1. The maximum absolute atomic E-state index is 13.2. The largest absolute Gasteiger partial charge is 0.502 e. The van der Waals surface area contributed by atoms with Crippen LogP contribution in [0.5, 0.6) is 11.5 Å². The van der Waals surface area contributed by atoms with E-state index in [4.69, 9.17) is 4.74 Å². The van der Waals surface area contributed by atoms with Crippen LogP contribution < -0.4 is 15.2 Å². The van der Waals surface area contributed by atoms with Crippen molar-refractivity contribution in [2.45, 2.75) is 12.5 Å². The van der Waals surface area contributed by atoms with E-state index < -0.39 is 11.2 Å². The summed E-state index contributed by atoms with van der Waals surface area (Å²) in [4.78, 5) is 27.1. The van der Waals surface area contributed by atoms with Crippen LogP contribution >= 0.6 is 0 Å². The molecule has 0 saturated heterocycles. The van der Waals surface area contributed by atoms with Gasteiger partial charge in [0.25, 0.3) is 5.91 Å². The molecule has 7 nitrogen and oxygen atoms in total. The Morgan fingerprint density at radius 3 is 2.56 bits per heavy atom. The predicted molar refractivity (Wildman–Crippen MR) is 120 cm³/mol. The summed E-state index contributed by atoms with van der Waals surface area (Å²) < 4.78 is 7.70. The molecule has 0 saturated carbocycles. The highest BCUT2D eigenvalue weighted by Gasteiger charge is 2.37. The van der Waals surface area contributed by atoms with Crippen molar-refractivity contribution in [3.63, 3.8) is 0 Å². The highest BCUT2D eigenvalue weighted by atomic mass is 16.5. The zero-order chi connectivity index (χ0) is 22.1. The number of hydrogen-bond donors (Lipinski definition) is 1. The minimum atomic E-state index is -0.576. The van der Waals surface area contributed by atoms with E-state index in [2.05, 4.69) is 0 Å². The van der Waals surface area contributed by atoms with E-state index in [1.54, 1.807) is 15.8 Å². The zero-order valence-corrected chi connectivity index (χ0v) is 17.4. The monoisotopic (exact) mass is 429 g/mol. The third-order valence-electron chi connectivity index (χ3n) is 5.83. The number of ether oxygens (including phenoxy) is 1. The minimum absolute atomic E-state index is 0.0240. The summed E-state index contributed by atoms with van der Waals surface area (Å²) in [6.07, 6.45) is 6.11. The normalized spacial score (nSPS) is 19.1. The molecule has 0 radical (unpaired) electrons. The summed E-state index contributed by atoms with van der Waals surface area (Å²) in [5, 5.41) is 12.5. The summed E-state index contributed by atoms with van der Waals surface area (Å²) in [5.74, 6) is -0.161. The summed E-state index contributed by atoms with van der Waals surface area (Å²) in [5.41, 5.74) is 1.32. The molecule has 2 aliphatic rings. The minimum Gasteiger partial charge on any atom is -0.502 e.